The standard InChI is InChI=1S/C8H15NO2/c1-3-7(4-2)5-8(7,9)6(10)11/h3-5,9H2,1-2H3,(H,10,11)/t8-/m0/s1. The maximum Gasteiger partial charge on any atom is 0.324 e. The maximum atomic E-state index is 10.7. The van der Waals surface area contributed by atoms with Gasteiger partial charge in [-0.15, -0.1) is 0 Å². The van der Waals surface area contributed by atoms with Crippen molar-refractivity contribution in [2.24, 2.45) is 11.1 Å². The van der Waals surface area contributed by atoms with E-state index in [9.17, 15) is 4.79 Å². The number of aliphatic carboxylic acids is 1. The first kappa shape index (κ1) is 8.53. The third-order valence-electron chi connectivity index (χ3n) is 3.17. The van der Waals surface area contributed by atoms with Crippen molar-refractivity contribution < 1.29 is 9.90 Å². The molecule has 0 radical (unpaired) electrons. The number of rotatable bonds is 3. The lowest BCUT2D eigenvalue weighted by atomic mass is 9.94. The van der Waals surface area contributed by atoms with Gasteiger partial charge in [-0.1, -0.05) is 13.8 Å². The first-order valence-corrected chi connectivity index (χ1v) is 4.04. The number of hydrogen-bond acceptors (Lipinski definition) is 2. The summed E-state index contributed by atoms with van der Waals surface area (Å²) in [6, 6.07) is 0. The highest BCUT2D eigenvalue weighted by molar-refractivity contribution is 5.84. The van der Waals surface area contributed by atoms with Gasteiger partial charge in [0.25, 0.3) is 0 Å². The SMILES string of the molecule is CCC1(CC)C[C@]1(N)C(=O)O. The molecule has 3 nitrogen and oxygen atoms in total. The largest absolute Gasteiger partial charge is 0.480 e. The summed E-state index contributed by atoms with van der Waals surface area (Å²) in [7, 11) is 0. The Balaban J connectivity index is 2.76. The van der Waals surface area contributed by atoms with Crippen LogP contribution in [0.2, 0.25) is 0 Å². The van der Waals surface area contributed by atoms with E-state index < -0.39 is 11.5 Å². The summed E-state index contributed by atoms with van der Waals surface area (Å²) in [6.45, 7) is 4.00. The molecule has 0 saturated heterocycles. The van der Waals surface area contributed by atoms with Crippen molar-refractivity contribution in [3.05, 3.63) is 0 Å². The van der Waals surface area contributed by atoms with Gasteiger partial charge in [0.15, 0.2) is 0 Å². The fraction of sp³-hybridized carbons (Fsp3) is 0.875. The average molecular weight is 157 g/mol. The summed E-state index contributed by atoms with van der Waals surface area (Å²) >= 11 is 0. The Bertz CT molecular complexity index is 187. The van der Waals surface area contributed by atoms with Crippen molar-refractivity contribution >= 4 is 5.97 Å². The zero-order chi connectivity index (χ0) is 8.70. The minimum absolute atomic E-state index is 0.112. The topological polar surface area (TPSA) is 63.3 Å². The molecule has 0 aromatic heterocycles. The second-order valence-corrected chi connectivity index (χ2v) is 3.44. The third kappa shape index (κ3) is 0.872. The summed E-state index contributed by atoms with van der Waals surface area (Å²) in [5.74, 6) is -0.846. The van der Waals surface area contributed by atoms with Gasteiger partial charge in [0.1, 0.15) is 5.54 Å². The predicted molar refractivity (Wildman–Crippen MR) is 42.2 cm³/mol. The van der Waals surface area contributed by atoms with Crippen LogP contribution in [0.25, 0.3) is 0 Å². The number of hydrogen-bond donors (Lipinski definition) is 2. The van der Waals surface area contributed by atoms with Gasteiger partial charge in [-0.3, -0.25) is 4.79 Å². The smallest absolute Gasteiger partial charge is 0.324 e. The highest BCUT2D eigenvalue weighted by Gasteiger charge is 2.67. The van der Waals surface area contributed by atoms with Crippen LogP contribution >= 0.6 is 0 Å². The second kappa shape index (κ2) is 2.21. The van der Waals surface area contributed by atoms with Gasteiger partial charge in [0.2, 0.25) is 0 Å². The fourth-order valence-corrected chi connectivity index (χ4v) is 1.92. The third-order valence-corrected chi connectivity index (χ3v) is 3.17. The normalized spacial score (nSPS) is 33.4. The Kier molecular flexibility index (Phi) is 1.71. The van der Waals surface area contributed by atoms with E-state index in [-0.39, 0.29) is 5.41 Å². The molecular formula is C8H15NO2. The van der Waals surface area contributed by atoms with Crippen LogP contribution in [0.1, 0.15) is 33.1 Å². The van der Waals surface area contributed by atoms with Gasteiger partial charge >= 0.3 is 5.97 Å². The van der Waals surface area contributed by atoms with Crippen LogP contribution in [-0.4, -0.2) is 16.6 Å². The monoisotopic (exact) mass is 157 g/mol. The van der Waals surface area contributed by atoms with Crippen LogP contribution in [0.5, 0.6) is 0 Å². The molecule has 0 aromatic rings. The van der Waals surface area contributed by atoms with Gasteiger partial charge < -0.3 is 10.8 Å². The summed E-state index contributed by atoms with van der Waals surface area (Å²) in [4.78, 5) is 10.7. The second-order valence-electron chi connectivity index (χ2n) is 3.44. The number of carbonyl (C=O) groups is 1. The van der Waals surface area contributed by atoms with Crippen molar-refractivity contribution in [3.8, 4) is 0 Å². The molecule has 0 spiro atoms. The molecule has 0 unspecified atom stereocenters. The molecule has 1 aliphatic carbocycles. The Morgan fingerprint density at radius 2 is 2.00 bits per heavy atom. The predicted octanol–water partition coefficient (Wildman–Crippen LogP) is 0.979. The molecule has 0 heterocycles. The summed E-state index contributed by atoms with van der Waals surface area (Å²) < 4.78 is 0. The van der Waals surface area contributed by atoms with Gasteiger partial charge in [0.05, 0.1) is 0 Å². The maximum absolute atomic E-state index is 10.7. The van der Waals surface area contributed by atoms with E-state index >= 15 is 0 Å². The minimum atomic E-state index is -0.920. The Hall–Kier alpha value is -0.570. The van der Waals surface area contributed by atoms with E-state index in [0.29, 0.717) is 6.42 Å². The Morgan fingerprint density at radius 1 is 1.55 bits per heavy atom. The molecule has 0 amide bonds. The van der Waals surface area contributed by atoms with Crippen molar-refractivity contribution in [2.45, 2.75) is 38.6 Å². The summed E-state index contributed by atoms with van der Waals surface area (Å²) in [6.07, 6.45) is 2.38. The average Bonchev–Trinajstić information content (AvgIpc) is 2.59. The highest BCUT2D eigenvalue weighted by atomic mass is 16.4. The van der Waals surface area contributed by atoms with E-state index in [1.54, 1.807) is 0 Å². The van der Waals surface area contributed by atoms with Crippen molar-refractivity contribution in [1.29, 1.82) is 0 Å². The van der Waals surface area contributed by atoms with Crippen LogP contribution in [0.15, 0.2) is 0 Å². The van der Waals surface area contributed by atoms with Crippen molar-refractivity contribution in [1.82, 2.24) is 0 Å². The van der Waals surface area contributed by atoms with Crippen molar-refractivity contribution in [2.75, 3.05) is 0 Å². The highest BCUT2D eigenvalue weighted by Crippen LogP contribution is 2.59. The van der Waals surface area contributed by atoms with Crippen LogP contribution in [0.3, 0.4) is 0 Å². The number of carboxylic acids is 1. The Morgan fingerprint density at radius 3 is 2.09 bits per heavy atom. The van der Waals surface area contributed by atoms with Crippen LogP contribution in [0, 0.1) is 5.41 Å². The zero-order valence-corrected chi connectivity index (χ0v) is 7.05. The summed E-state index contributed by atoms with van der Waals surface area (Å²) in [5.41, 5.74) is 4.66. The lowest BCUT2D eigenvalue weighted by Crippen LogP contribution is -2.39. The molecule has 1 fully saturated rings. The molecule has 0 aromatic carbocycles. The molecule has 3 N–H and O–H groups in total. The quantitative estimate of drug-likeness (QED) is 0.641. The van der Waals surface area contributed by atoms with Crippen molar-refractivity contribution in [3.63, 3.8) is 0 Å². The molecule has 1 rings (SSSR count). The van der Waals surface area contributed by atoms with Crippen LogP contribution in [-0.2, 0) is 4.79 Å². The molecule has 0 bridgehead atoms. The van der Waals surface area contributed by atoms with E-state index in [0.717, 1.165) is 12.8 Å². The van der Waals surface area contributed by atoms with E-state index in [2.05, 4.69) is 0 Å². The van der Waals surface area contributed by atoms with Crippen LogP contribution < -0.4 is 5.73 Å². The zero-order valence-electron chi connectivity index (χ0n) is 7.05. The van der Waals surface area contributed by atoms with Crippen LogP contribution in [0.4, 0.5) is 0 Å². The molecule has 11 heavy (non-hydrogen) atoms. The molecular weight excluding hydrogens is 142 g/mol. The minimum Gasteiger partial charge on any atom is -0.480 e. The molecule has 0 aliphatic heterocycles. The van der Waals surface area contributed by atoms with Gasteiger partial charge in [-0.05, 0) is 19.3 Å². The number of nitrogens with two attached hydrogens (primary N) is 1. The Labute approximate surface area is 66.6 Å². The lowest BCUT2D eigenvalue weighted by molar-refractivity contribution is -0.140. The van der Waals surface area contributed by atoms with Gasteiger partial charge in [-0.2, -0.15) is 0 Å². The fourth-order valence-electron chi connectivity index (χ4n) is 1.92. The lowest BCUT2D eigenvalue weighted by Gasteiger charge is -2.15. The molecule has 3 heteroatoms. The molecule has 1 atom stereocenters. The molecule has 64 valence electrons. The first-order chi connectivity index (χ1) is 5.02. The summed E-state index contributed by atoms with van der Waals surface area (Å²) in [5, 5.41) is 8.79. The van der Waals surface area contributed by atoms with E-state index in [4.69, 9.17) is 10.8 Å². The molecule has 1 aliphatic rings. The number of carboxylic acid groups (broad SMARTS) is 1. The van der Waals surface area contributed by atoms with Gasteiger partial charge in [-0.25, -0.2) is 0 Å². The van der Waals surface area contributed by atoms with Gasteiger partial charge in [0, 0.05) is 5.41 Å². The van der Waals surface area contributed by atoms with E-state index in [1.807, 2.05) is 13.8 Å². The first-order valence-electron chi connectivity index (χ1n) is 4.04. The molecule has 1 saturated carbocycles. The van der Waals surface area contributed by atoms with E-state index in [1.165, 1.54) is 0 Å².